The summed E-state index contributed by atoms with van der Waals surface area (Å²) in [5, 5.41) is 11.1. The van der Waals surface area contributed by atoms with Crippen LogP contribution in [0.4, 0.5) is 5.82 Å². The summed E-state index contributed by atoms with van der Waals surface area (Å²) >= 11 is 0. The molecular weight excluding hydrogens is 242 g/mol. The smallest absolute Gasteiger partial charge is 0.160 e. The quantitative estimate of drug-likeness (QED) is 0.754. The van der Waals surface area contributed by atoms with Gasteiger partial charge in [-0.05, 0) is 26.8 Å². The number of furan rings is 1. The van der Waals surface area contributed by atoms with Gasteiger partial charge in [-0.1, -0.05) is 0 Å². The molecule has 1 unspecified atom stereocenters. The minimum absolute atomic E-state index is 0.102. The van der Waals surface area contributed by atoms with Gasteiger partial charge in [-0.25, -0.2) is 9.97 Å². The van der Waals surface area contributed by atoms with Crippen LogP contribution in [-0.2, 0) is 0 Å². The Hall–Kier alpha value is -2.37. The second-order valence-electron chi connectivity index (χ2n) is 4.59. The van der Waals surface area contributed by atoms with Crippen molar-refractivity contribution in [2.45, 2.75) is 26.8 Å². The number of hydrogen-bond acceptors (Lipinski definition) is 5. The molecule has 0 amide bonds. The van der Waals surface area contributed by atoms with Crippen LogP contribution in [-0.4, -0.2) is 20.2 Å². The lowest BCUT2D eigenvalue weighted by Gasteiger charge is -2.14. The second kappa shape index (κ2) is 4.38. The first kappa shape index (κ1) is 11.7. The Morgan fingerprint density at radius 3 is 2.89 bits per heavy atom. The third-order valence-electron chi connectivity index (χ3n) is 3.15. The third kappa shape index (κ3) is 2.05. The van der Waals surface area contributed by atoms with Gasteiger partial charge in [0, 0.05) is 5.56 Å². The second-order valence-corrected chi connectivity index (χ2v) is 4.59. The van der Waals surface area contributed by atoms with Crippen molar-refractivity contribution >= 4 is 16.9 Å². The highest BCUT2D eigenvalue weighted by Crippen LogP contribution is 2.26. The number of fused-ring (bicyclic) bond motifs is 1. The van der Waals surface area contributed by atoms with Crippen LogP contribution >= 0.6 is 0 Å². The standard InChI is InChI=1S/C13H15N5O/c1-7-4-10(9(3)19-7)8(2)17-12-11-5-16-18-13(11)15-6-14-12/h4-6,8H,1-3H3,(H2,14,15,16,17,18). The van der Waals surface area contributed by atoms with Crippen LogP contribution in [0.25, 0.3) is 11.0 Å². The minimum Gasteiger partial charge on any atom is -0.466 e. The lowest BCUT2D eigenvalue weighted by atomic mass is 10.1. The van der Waals surface area contributed by atoms with Crippen LogP contribution in [0.3, 0.4) is 0 Å². The zero-order valence-corrected chi connectivity index (χ0v) is 11.1. The predicted octanol–water partition coefficient (Wildman–Crippen LogP) is 2.74. The normalized spacial score (nSPS) is 12.8. The molecule has 0 saturated heterocycles. The zero-order chi connectivity index (χ0) is 13.4. The summed E-state index contributed by atoms with van der Waals surface area (Å²) in [5.74, 6) is 2.61. The van der Waals surface area contributed by atoms with Gasteiger partial charge in [0.1, 0.15) is 23.7 Å². The van der Waals surface area contributed by atoms with Gasteiger partial charge in [-0.15, -0.1) is 0 Å². The molecule has 3 aromatic heterocycles. The Kier molecular flexibility index (Phi) is 2.70. The fraction of sp³-hybridized carbons (Fsp3) is 0.308. The Balaban J connectivity index is 1.92. The molecule has 1 atom stereocenters. The van der Waals surface area contributed by atoms with Crippen LogP contribution in [0.5, 0.6) is 0 Å². The Bertz CT molecular complexity index is 715. The molecule has 0 spiro atoms. The van der Waals surface area contributed by atoms with Gasteiger partial charge in [-0.2, -0.15) is 5.10 Å². The van der Waals surface area contributed by atoms with E-state index >= 15 is 0 Å². The summed E-state index contributed by atoms with van der Waals surface area (Å²) in [4.78, 5) is 8.38. The van der Waals surface area contributed by atoms with E-state index in [2.05, 4.69) is 32.4 Å². The molecule has 0 radical (unpaired) electrons. The van der Waals surface area contributed by atoms with E-state index < -0.39 is 0 Å². The van der Waals surface area contributed by atoms with Gasteiger partial charge in [0.25, 0.3) is 0 Å². The van der Waals surface area contributed by atoms with Gasteiger partial charge in [-0.3, -0.25) is 5.10 Å². The molecule has 0 bridgehead atoms. The molecule has 2 N–H and O–H groups in total. The molecule has 98 valence electrons. The number of aromatic amines is 1. The fourth-order valence-electron chi connectivity index (χ4n) is 2.24. The van der Waals surface area contributed by atoms with Gasteiger partial charge in [0.2, 0.25) is 0 Å². The fourth-order valence-corrected chi connectivity index (χ4v) is 2.24. The van der Waals surface area contributed by atoms with Crippen LogP contribution in [0.2, 0.25) is 0 Å². The van der Waals surface area contributed by atoms with Gasteiger partial charge >= 0.3 is 0 Å². The Labute approximate surface area is 110 Å². The first-order valence-electron chi connectivity index (χ1n) is 6.12. The molecule has 3 heterocycles. The number of nitrogens with zero attached hydrogens (tertiary/aromatic N) is 3. The highest BCUT2D eigenvalue weighted by molar-refractivity contribution is 5.85. The lowest BCUT2D eigenvalue weighted by molar-refractivity contribution is 0.500. The van der Waals surface area contributed by atoms with Crippen molar-refractivity contribution in [3.63, 3.8) is 0 Å². The van der Waals surface area contributed by atoms with Gasteiger partial charge < -0.3 is 9.73 Å². The van der Waals surface area contributed by atoms with E-state index in [-0.39, 0.29) is 6.04 Å². The Morgan fingerprint density at radius 1 is 1.32 bits per heavy atom. The largest absolute Gasteiger partial charge is 0.466 e. The number of nitrogens with one attached hydrogen (secondary N) is 2. The molecule has 19 heavy (non-hydrogen) atoms. The number of aryl methyl sites for hydroxylation is 2. The van der Waals surface area contributed by atoms with Gasteiger partial charge in [0.05, 0.1) is 17.6 Å². The highest BCUT2D eigenvalue weighted by atomic mass is 16.3. The van der Waals surface area contributed by atoms with Crippen LogP contribution in [0.1, 0.15) is 30.0 Å². The molecule has 6 heteroatoms. The molecule has 0 aromatic carbocycles. The summed E-state index contributed by atoms with van der Waals surface area (Å²) in [6, 6.07) is 2.14. The van der Waals surface area contributed by atoms with Crippen molar-refractivity contribution in [1.82, 2.24) is 20.2 Å². The maximum atomic E-state index is 5.55. The predicted molar refractivity (Wildman–Crippen MR) is 71.9 cm³/mol. The van der Waals surface area contributed by atoms with Crippen LogP contribution < -0.4 is 5.32 Å². The van der Waals surface area contributed by atoms with Crippen molar-refractivity contribution in [2.24, 2.45) is 0 Å². The number of aromatic nitrogens is 4. The van der Waals surface area contributed by atoms with Crippen molar-refractivity contribution in [3.05, 3.63) is 35.7 Å². The summed E-state index contributed by atoms with van der Waals surface area (Å²) in [6.45, 7) is 5.99. The maximum absolute atomic E-state index is 5.55. The molecular formula is C13H15N5O. The SMILES string of the molecule is Cc1cc(C(C)Nc2ncnc3[nH]ncc23)c(C)o1. The van der Waals surface area contributed by atoms with E-state index in [4.69, 9.17) is 4.42 Å². The molecule has 6 nitrogen and oxygen atoms in total. The van der Waals surface area contributed by atoms with Crippen molar-refractivity contribution in [1.29, 1.82) is 0 Å². The molecule has 3 rings (SSSR count). The van der Waals surface area contributed by atoms with Crippen molar-refractivity contribution in [2.75, 3.05) is 5.32 Å². The van der Waals surface area contributed by atoms with Crippen molar-refractivity contribution in [3.8, 4) is 0 Å². The molecule has 0 aliphatic heterocycles. The summed E-state index contributed by atoms with van der Waals surface area (Å²) in [7, 11) is 0. The maximum Gasteiger partial charge on any atom is 0.160 e. The van der Waals surface area contributed by atoms with Crippen molar-refractivity contribution < 1.29 is 4.42 Å². The summed E-state index contributed by atoms with van der Waals surface area (Å²) < 4.78 is 5.55. The zero-order valence-electron chi connectivity index (χ0n) is 11.1. The molecule has 3 aromatic rings. The van der Waals surface area contributed by atoms with E-state index in [0.717, 1.165) is 33.9 Å². The van der Waals surface area contributed by atoms with E-state index in [1.807, 2.05) is 19.9 Å². The van der Waals surface area contributed by atoms with Crippen LogP contribution in [0.15, 0.2) is 23.0 Å². The van der Waals surface area contributed by atoms with E-state index in [1.165, 1.54) is 6.33 Å². The molecule has 0 fully saturated rings. The van der Waals surface area contributed by atoms with E-state index in [0.29, 0.717) is 0 Å². The van der Waals surface area contributed by atoms with Gasteiger partial charge in [0.15, 0.2) is 5.65 Å². The number of H-pyrrole nitrogens is 1. The third-order valence-corrected chi connectivity index (χ3v) is 3.15. The van der Waals surface area contributed by atoms with E-state index in [1.54, 1.807) is 6.20 Å². The number of hydrogen-bond donors (Lipinski definition) is 2. The average molecular weight is 257 g/mol. The monoisotopic (exact) mass is 257 g/mol. The minimum atomic E-state index is 0.102. The molecule has 0 aliphatic rings. The topological polar surface area (TPSA) is 79.6 Å². The van der Waals surface area contributed by atoms with E-state index in [9.17, 15) is 0 Å². The van der Waals surface area contributed by atoms with Crippen LogP contribution in [0, 0.1) is 13.8 Å². The summed E-state index contributed by atoms with van der Waals surface area (Å²) in [6.07, 6.45) is 3.24. The highest BCUT2D eigenvalue weighted by Gasteiger charge is 2.14. The summed E-state index contributed by atoms with van der Waals surface area (Å²) in [5.41, 5.74) is 1.86. The Morgan fingerprint density at radius 2 is 2.16 bits per heavy atom. The number of rotatable bonds is 3. The lowest BCUT2D eigenvalue weighted by Crippen LogP contribution is -2.08. The molecule has 0 aliphatic carbocycles. The first-order chi connectivity index (χ1) is 9.15. The average Bonchev–Trinajstić information content (AvgIpc) is 2.96. The number of anilines is 1. The molecule has 0 saturated carbocycles. The first-order valence-corrected chi connectivity index (χ1v) is 6.12.